The van der Waals surface area contributed by atoms with Gasteiger partial charge in [-0.1, -0.05) is 30.3 Å². The fourth-order valence-electron chi connectivity index (χ4n) is 3.32. The van der Waals surface area contributed by atoms with Gasteiger partial charge in [-0.3, -0.25) is 4.79 Å². The third-order valence-corrected chi connectivity index (χ3v) is 5.40. The summed E-state index contributed by atoms with van der Waals surface area (Å²) >= 11 is 0. The van der Waals surface area contributed by atoms with E-state index in [2.05, 4.69) is 25.6 Å². The Balaban J connectivity index is 1.51. The number of nitrogens with zero attached hydrogens (tertiary/aromatic N) is 2. The largest absolute Gasteiger partial charge is 0.394 e. The van der Waals surface area contributed by atoms with Crippen LogP contribution in [-0.2, 0) is 0 Å². The highest BCUT2D eigenvalue weighted by molar-refractivity contribution is 5.94. The highest BCUT2D eigenvalue weighted by Crippen LogP contribution is 2.37. The molecule has 3 aromatic rings. The van der Waals surface area contributed by atoms with Crippen molar-refractivity contribution < 1.29 is 15.0 Å². The van der Waals surface area contributed by atoms with Gasteiger partial charge in [0.2, 0.25) is 5.95 Å². The summed E-state index contributed by atoms with van der Waals surface area (Å²) in [5.74, 6) is 0.144. The number of aromatic amines is 1. The maximum absolute atomic E-state index is 12.7. The van der Waals surface area contributed by atoms with E-state index < -0.39 is 6.04 Å². The van der Waals surface area contributed by atoms with E-state index in [0.29, 0.717) is 17.3 Å². The lowest BCUT2D eigenvalue weighted by molar-refractivity contribution is 0.0911. The highest BCUT2D eigenvalue weighted by atomic mass is 16.3. The maximum atomic E-state index is 12.7. The molecule has 4 rings (SSSR count). The van der Waals surface area contributed by atoms with E-state index in [1.165, 1.54) is 0 Å². The molecule has 8 nitrogen and oxygen atoms in total. The van der Waals surface area contributed by atoms with Gasteiger partial charge in [-0.2, -0.15) is 0 Å². The molecule has 5 N–H and O–H groups in total. The van der Waals surface area contributed by atoms with Crippen LogP contribution < -0.4 is 10.6 Å². The summed E-state index contributed by atoms with van der Waals surface area (Å²) in [6.45, 7) is 1.75. The van der Waals surface area contributed by atoms with Crippen LogP contribution in [-0.4, -0.2) is 49.8 Å². The van der Waals surface area contributed by atoms with Crippen LogP contribution in [0.5, 0.6) is 0 Å². The van der Waals surface area contributed by atoms with Crippen LogP contribution in [0.2, 0.25) is 0 Å². The molecule has 1 aliphatic rings. The lowest BCUT2D eigenvalue weighted by Gasteiger charge is -2.16. The van der Waals surface area contributed by atoms with Gasteiger partial charge in [0.15, 0.2) is 0 Å². The zero-order valence-corrected chi connectivity index (χ0v) is 16.7. The van der Waals surface area contributed by atoms with E-state index in [-0.39, 0.29) is 24.7 Å². The molecular weight excluding hydrogens is 382 g/mol. The summed E-state index contributed by atoms with van der Waals surface area (Å²) < 4.78 is 0. The number of benzene rings is 1. The quantitative estimate of drug-likeness (QED) is 0.390. The zero-order valence-electron chi connectivity index (χ0n) is 16.7. The number of aliphatic hydroxyl groups is 2. The predicted octanol–water partition coefficient (Wildman–Crippen LogP) is 2.18. The van der Waals surface area contributed by atoms with Crippen LogP contribution in [0.25, 0.3) is 11.3 Å². The maximum Gasteiger partial charge on any atom is 0.268 e. The Morgan fingerprint density at radius 2 is 2.03 bits per heavy atom. The van der Waals surface area contributed by atoms with Crippen molar-refractivity contribution in [2.45, 2.75) is 31.3 Å². The Bertz CT molecular complexity index is 1030. The van der Waals surface area contributed by atoms with Gasteiger partial charge in [0.1, 0.15) is 5.69 Å². The normalized spacial score (nSPS) is 15.4. The van der Waals surface area contributed by atoms with Crippen LogP contribution in [0.3, 0.4) is 0 Å². The molecule has 156 valence electrons. The van der Waals surface area contributed by atoms with Crippen molar-refractivity contribution in [3.8, 4) is 11.3 Å². The molecule has 8 heteroatoms. The second kappa shape index (κ2) is 8.25. The standard InChI is InChI=1S/C22H25N5O3/c1-14-10-24-21(27-22(13-29)7-8-22)26-19(14)16-9-17(23-11-16)20(30)25-18(12-28)15-5-3-2-4-6-15/h2-6,9-11,18,23,28-29H,7-8,12-13H2,1H3,(H,25,30)(H,24,26,27)/t18-/m1/s1. The average Bonchev–Trinajstić information content (AvgIpc) is 3.37. The summed E-state index contributed by atoms with van der Waals surface area (Å²) in [6, 6.07) is 10.6. The molecule has 1 atom stereocenters. The van der Waals surface area contributed by atoms with Crippen LogP contribution in [0.1, 0.15) is 40.5 Å². The molecule has 0 radical (unpaired) electrons. The van der Waals surface area contributed by atoms with E-state index in [4.69, 9.17) is 0 Å². The SMILES string of the molecule is Cc1cnc(NC2(CO)CC2)nc1-c1c[nH]c(C(=O)N[C@H](CO)c2ccccc2)c1. The smallest absolute Gasteiger partial charge is 0.268 e. The number of aliphatic hydroxyl groups excluding tert-OH is 2. The average molecular weight is 407 g/mol. The van der Waals surface area contributed by atoms with Crippen molar-refractivity contribution in [2.75, 3.05) is 18.5 Å². The third kappa shape index (κ3) is 4.19. The Kier molecular flexibility index (Phi) is 5.52. The first-order valence-corrected chi connectivity index (χ1v) is 9.92. The van der Waals surface area contributed by atoms with E-state index >= 15 is 0 Å². The highest BCUT2D eigenvalue weighted by Gasteiger charge is 2.42. The van der Waals surface area contributed by atoms with Crippen LogP contribution in [0.4, 0.5) is 5.95 Å². The molecule has 2 aromatic heterocycles. The summed E-state index contributed by atoms with van der Waals surface area (Å²) in [5.41, 5.74) is 3.24. The number of rotatable bonds is 8. The lowest BCUT2D eigenvalue weighted by Crippen LogP contribution is -2.30. The summed E-state index contributed by atoms with van der Waals surface area (Å²) in [4.78, 5) is 24.6. The van der Waals surface area contributed by atoms with E-state index in [9.17, 15) is 15.0 Å². The second-order valence-corrected chi connectivity index (χ2v) is 7.71. The van der Waals surface area contributed by atoms with Crippen molar-refractivity contribution in [3.05, 3.63) is 65.6 Å². The second-order valence-electron chi connectivity index (χ2n) is 7.71. The number of anilines is 1. The van der Waals surface area contributed by atoms with Gasteiger partial charge in [-0.15, -0.1) is 0 Å². The molecule has 1 saturated carbocycles. The first kappa shape index (κ1) is 20.1. The van der Waals surface area contributed by atoms with E-state index in [0.717, 1.165) is 29.5 Å². The van der Waals surface area contributed by atoms with E-state index in [1.54, 1.807) is 18.5 Å². The molecule has 0 spiro atoms. The molecule has 30 heavy (non-hydrogen) atoms. The Morgan fingerprint density at radius 3 is 2.70 bits per heavy atom. The monoisotopic (exact) mass is 407 g/mol. The number of carbonyl (C=O) groups is 1. The summed E-state index contributed by atoms with van der Waals surface area (Å²) in [7, 11) is 0. The zero-order chi connectivity index (χ0) is 21.1. The van der Waals surface area contributed by atoms with Gasteiger partial charge in [0, 0.05) is 18.0 Å². The fraction of sp³-hybridized carbons (Fsp3) is 0.318. The van der Waals surface area contributed by atoms with Gasteiger partial charge in [0.05, 0.1) is 30.5 Å². The van der Waals surface area contributed by atoms with Crippen LogP contribution in [0, 0.1) is 6.92 Å². The number of hydrogen-bond acceptors (Lipinski definition) is 6. The van der Waals surface area contributed by atoms with Gasteiger partial charge in [-0.05, 0) is 37.0 Å². The number of aromatic nitrogens is 3. The number of nitrogens with one attached hydrogen (secondary N) is 3. The number of hydrogen-bond donors (Lipinski definition) is 5. The summed E-state index contributed by atoms with van der Waals surface area (Å²) in [5, 5.41) is 25.2. The van der Waals surface area contributed by atoms with Gasteiger partial charge >= 0.3 is 0 Å². The molecule has 1 amide bonds. The Morgan fingerprint density at radius 1 is 1.27 bits per heavy atom. The lowest BCUT2D eigenvalue weighted by atomic mass is 10.1. The molecular formula is C22H25N5O3. The first-order valence-electron chi connectivity index (χ1n) is 9.92. The minimum Gasteiger partial charge on any atom is -0.394 e. The minimum absolute atomic E-state index is 0.0431. The molecule has 0 aliphatic heterocycles. The number of H-pyrrole nitrogens is 1. The number of aryl methyl sites for hydroxylation is 1. The third-order valence-electron chi connectivity index (χ3n) is 5.40. The predicted molar refractivity (Wildman–Crippen MR) is 113 cm³/mol. The molecule has 1 aromatic carbocycles. The van der Waals surface area contributed by atoms with Crippen molar-refractivity contribution >= 4 is 11.9 Å². The molecule has 2 heterocycles. The number of carbonyl (C=O) groups excluding carboxylic acids is 1. The summed E-state index contributed by atoms with van der Waals surface area (Å²) in [6.07, 6.45) is 5.22. The number of amides is 1. The van der Waals surface area contributed by atoms with Crippen molar-refractivity contribution in [3.63, 3.8) is 0 Å². The van der Waals surface area contributed by atoms with E-state index in [1.807, 2.05) is 37.3 Å². The molecule has 0 saturated heterocycles. The molecule has 1 fully saturated rings. The van der Waals surface area contributed by atoms with Gasteiger partial charge < -0.3 is 25.8 Å². The van der Waals surface area contributed by atoms with Crippen molar-refractivity contribution in [1.29, 1.82) is 0 Å². The molecule has 1 aliphatic carbocycles. The van der Waals surface area contributed by atoms with Crippen LogP contribution in [0.15, 0.2) is 48.8 Å². The Hall–Kier alpha value is -3.23. The van der Waals surface area contributed by atoms with Crippen molar-refractivity contribution in [2.24, 2.45) is 0 Å². The minimum atomic E-state index is -0.491. The Labute approximate surface area is 174 Å². The topological polar surface area (TPSA) is 123 Å². The fourth-order valence-corrected chi connectivity index (χ4v) is 3.32. The molecule has 0 unspecified atom stereocenters. The van der Waals surface area contributed by atoms with Gasteiger partial charge in [-0.25, -0.2) is 9.97 Å². The molecule has 0 bridgehead atoms. The van der Waals surface area contributed by atoms with Gasteiger partial charge in [0.25, 0.3) is 5.91 Å². The first-order chi connectivity index (χ1) is 14.5. The van der Waals surface area contributed by atoms with Crippen LogP contribution >= 0.6 is 0 Å². The van der Waals surface area contributed by atoms with Crippen molar-refractivity contribution in [1.82, 2.24) is 20.3 Å².